The minimum absolute atomic E-state index is 0.0390. The molecule has 6 nitrogen and oxygen atoms in total. The average molecular weight is 439 g/mol. The topological polar surface area (TPSA) is 84.5 Å². The second-order valence-electron chi connectivity index (χ2n) is 7.21. The first-order chi connectivity index (χ1) is 14.9. The Hall–Kier alpha value is -3.32. The van der Waals surface area contributed by atoms with Gasteiger partial charge < -0.3 is 10.1 Å². The van der Waals surface area contributed by atoms with E-state index in [1.807, 2.05) is 43.3 Å². The summed E-state index contributed by atoms with van der Waals surface area (Å²) in [6.07, 6.45) is 1.55. The largest absolute Gasteiger partial charge is 0.497 e. The number of hydrogen-bond acceptors (Lipinski definition) is 4. The number of aryl methyl sites for hydroxylation is 2. The Bertz CT molecular complexity index is 1140. The lowest BCUT2D eigenvalue weighted by Gasteiger charge is -2.10. The first-order valence-electron chi connectivity index (χ1n) is 9.98. The number of methoxy groups -OCH3 is 1. The highest BCUT2D eigenvalue weighted by Crippen LogP contribution is 2.18. The lowest BCUT2D eigenvalue weighted by molar-refractivity contribution is 0.0953. The predicted molar refractivity (Wildman–Crippen MR) is 122 cm³/mol. The predicted octanol–water partition coefficient (Wildman–Crippen LogP) is 4.17. The fourth-order valence-electron chi connectivity index (χ4n) is 3.06. The van der Waals surface area contributed by atoms with Crippen LogP contribution in [0, 0.1) is 6.92 Å². The molecule has 0 aromatic heterocycles. The Morgan fingerprint density at radius 3 is 2.45 bits per heavy atom. The lowest BCUT2D eigenvalue weighted by Crippen LogP contribution is -2.25. The molecule has 0 unspecified atom stereocenters. The summed E-state index contributed by atoms with van der Waals surface area (Å²) in [5, 5.41) is 2.85. The summed E-state index contributed by atoms with van der Waals surface area (Å²) in [5.74, 6) is 0.497. The quantitative estimate of drug-likeness (QED) is 0.491. The molecule has 2 N–H and O–H groups in total. The summed E-state index contributed by atoms with van der Waals surface area (Å²) in [6, 6.07) is 20.9. The van der Waals surface area contributed by atoms with Gasteiger partial charge >= 0.3 is 0 Å². The molecule has 0 aliphatic heterocycles. The summed E-state index contributed by atoms with van der Waals surface area (Å²) in [7, 11) is -2.16. The number of nitrogens with one attached hydrogen (secondary N) is 2. The van der Waals surface area contributed by atoms with Gasteiger partial charge in [-0.05, 0) is 67.8 Å². The highest BCUT2D eigenvalue weighted by atomic mass is 32.2. The molecule has 0 aliphatic carbocycles. The van der Waals surface area contributed by atoms with Crippen molar-refractivity contribution in [2.45, 2.75) is 24.7 Å². The fourth-order valence-corrected chi connectivity index (χ4v) is 4.17. The van der Waals surface area contributed by atoms with Crippen LogP contribution in [0.25, 0.3) is 0 Å². The molecule has 1 amide bonds. The molecule has 0 spiro atoms. The summed E-state index contributed by atoms with van der Waals surface area (Å²) in [6.45, 7) is 2.41. The van der Waals surface area contributed by atoms with Gasteiger partial charge in [0, 0.05) is 17.8 Å². The van der Waals surface area contributed by atoms with E-state index in [1.54, 1.807) is 31.4 Å². The molecule has 3 rings (SSSR count). The fraction of sp³-hybridized carbons (Fsp3) is 0.208. The Kier molecular flexibility index (Phi) is 7.31. The highest BCUT2D eigenvalue weighted by Gasteiger charge is 2.16. The third kappa shape index (κ3) is 6.33. The molecule has 7 heteroatoms. The van der Waals surface area contributed by atoms with Gasteiger partial charge in [0.15, 0.2) is 0 Å². The molecule has 31 heavy (non-hydrogen) atoms. The second-order valence-corrected chi connectivity index (χ2v) is 8.89. The number of hydrogen-bond donors (Lipinski definition) is 2. The summed E-state index contributed by atoms with van der Waals surface area (Å²) < 4.78 is 33.1. The normalized spacial score (nSPS) is 11.0. The molecular weight excluding hydrogens is 412 g/mol. The van der Waals surface area contributed by atoms with E-state index in [0.29, 0.717) is 17.8 Å². The number of ether oxygens (including phenoxy) is 1. The van der Waals surface area contributed by atoms with Crippen LogP contribution in [-0.2, 0) is 16.4 Å². The zero-order valence-corrected chi connectivity index (χ0v) is 18.4. The third-order valence-corrected chi connectivity index (χ3v) is 6.15. The molecule has 0 saturated heterocycles. The Morgan fingerprint density at radius 1 is 0.968 bits per heavy atom. The van der Waals surface area contributed by atoms with E-state index in [0.717, 1.165) is 29.7 Å². The summed E-state index contributed by atoms with van der Waals surface area (Å²) >= 11 is 0. The molecule has 0 radical (unpaired) electrons. The number of amides is 1. The van der Waals surface area contributed by atoms with Crippen LogP contribution >= 0.6 is 0 Å². The lowest BCUT2D eigenvalue weighted by atomic mass is 10.1. The van der Waals surface area contributed by atoms with Crippen molar-refractivity contribution < 1.29 is 17.9 Å². The first-order valence-corrected chi connectivity index (χ1v) is 11.5. The molecule has 0 bridgehead atoms. The molecule has 3 aromatic carbocycles. The first kappa shape index (κ1) is 22.4. The standard InChI is InChI=1S/C24H26N2O4S/c1-18-11-13-21(14-12-18)26-31(28,29)23-10-4-8-20(17-23)24(27)25-15-5-7-19-6-3-9-22(16-19)30-2/h3-4,6,8-14,16-17,26H,5,7,15H2,1-2H3,(H,25,27). The van der Waals surface area contributed by atoms with E-state index in [2.05, 4.69) is 10.0 Å². The van der Waals surface area contributed by atoms with Gasteiger partial charge in [-0.25, -0.2) is 8.42 Å². The maximum absolute atomic E-state index is 12.7. The number of carbonyl (C=O) groups is 1. The molecule has 162 valence electrons. The van der Waals surface area contributed by atoms with Crippen molar-refractivity contribution in [1.29, 1.82) is 0 Å². The zero-order chi connectivity index (χ0) is 22.3. The molecule has 0 saturated carbocycles. The monoisotopic (exact) mass is 438 g/mol. The van der Waals surface area contributed by atoms with Gasteiger partial charge in [0.25, 0.3) is 15.9 Å². The average Bonchev–Trinajstić information content (AvgIpc) is 2.78. The smallest absolute Gasteiger partial charge is 0.261 e. The maximum atomic E-state index is 12.7. The molecule has 0 fully saturated rings. The van der Waals surface area contributed by atoms with Crippen LogP contribution in [0.5, 0.6) is 5.75 Å². The molecule has 0 atom stereocenters. The van der Waals surface area contributed by atoms with Crippen LogP contribution in [0.15, 0.2) is 77.7 Å². The number of benzene rings is 3. The van der Waals surface area contributed by atoms with Crippen LogP contribution < -0.4 is 14.8 Å². The van der Waals surface area contributed by atoms with Gasteiger partial charge in [-0.3, -0.25) is 9.52 Å². The van der Waals surface area contributed by atoms with Crippen LogP contribution in [0.3, 0.4) is 0 Å². The van der Waals surface area contributed by atoms with Gasteiger partial charge in [-0.1, -0.05) is 35.9 Å². The minimum Gasteiger partial charge on any atom is -0.497 e. The SMILES string of the molecule is COc1cccc(CCCNC(=O)c2cccc(S(=O)(=O)Nc3ccc(C)cc3)c2)c1. The van der Waals surface area contributed by atoms with Crippen molar-refractivity contribution in [2.75, 3.05) is 18.4 Å². The van der Waals surface area contributed by atoms with Crippen LogP contribution in [0.1, 0.15) is 27.9 Å². The second kappa shape index (κ2) is 10.1. The number of anilines is 1. The van der Waals surface area contributed by atoms with Gasteiger partial charge in [-0.2, -0.15) is 0 Å². The summed E-state index contributed by atoms with van der Waals surface area (Å²) in [5.41, 5.74) is 2.93. The summed E-state index contributed by atoms with van der Waals surface area (Å²) in [4.78, 5) is 12.5. The zero-order valence-electron chi connectivity index (χ0n) is 17.6. The van der Waals surface area contributed by atoms with Gasteiger partial charge in [0.1, 0.15) is 5.75 Å². The Morgan fingerprint density at radius 2 is 1.71 bits per heavy atom. The van der Waals surface area contributed by atoms with Crippen molar-refractivity contribution in [2.24, 2.45) is 0 Å². The van der Waals surface area contributed by atoms with Crippen LogP contribution in [0.4, 0.5) is 5.69 Å². The van der Waals surface area contributed by atoms with E-state index in [9.17, 15) is 13.2 Å². The minimum atomic E-state index is -3.79. The highest BCUT2D eigenvalue weighted by molar-refractivity contribution is 7.92. The molecule has 3 aromatic rings. The van der Waals surface area contributed by atoms with E-state index in [1.165, 1.54) is 12.1 Å². The Balaban J connectivity index is 1.58. The number of sulfonamides is 1. The van der Waals surface area contributed by atoms with E-state index in [-0.39, 0.29) is 10.8 Å². The Labute approximate surface area is 183 Å². The van der Waals surface area contributed by atoms with Gasteiger partial charge in [0.2, 0.25) is 0 Å². The van der Waals surface area contributed by atoms with Crippen molar-refractivity contribution in [3.05, 3.63) is 89.5 Å². The van der Waals surface area contributed by atoms with Gasteiger partial charge in [0.05, 0.1) is 12.0 Å². The van der Waals surface area contributed by atoms with Crippen LogP contribution in [-0.4, -0.2) is 28.0 Å². The van der Waals surface area contributed by atoms with Crippen molar-refractivity contribution >= 4 is 21.6 Å². The maximum Gasteiger partial charge on any atom is 0.261 e. The molecular formula is C24H26N2O4S. The van der Waals surface area contributed by atoms with Crippen molar-refractivity contribution in [1.82, 2.24) is 5.32 Å². The van der Waals surface area contributed by atoms with E-state index < -0.39 is 10.0 Å². The third-order valence-electron chi connectivity index (χ3n) is 4.77. The van der Waals surface area contributed by atoms with E-state index in [4.69, 9.17) is 4.74 Å². The molecule has 0 aliphatic rings. The van der Waals surface area contributed by atoms with Crippen molar-refractivity contribution in [3.63, 3.8) is 0 Å². The van der Waals surface area contributed by atoms with Crippen molar-refractivity contribution in [3.8, 4) is 5.75 Å². The van der Waals surface area contributed by atoms with Crippen LogP contribution in [0.2, 0.25) is 0 Å². The van der Waals surface area contributed by atoms with Gasteiger partial charge in [-0.15, -0.1) is 0 Å². The number of carbonyl (C=O) groups excluding carboxylic acids is 1. The molecule has 0 heterocycles. The van der Waals surface area contributed by atoms with E-state index >= 15 is 0 Å². The number of rotatable bonds is 9.